The summed E-state index contributed by atoms with van der Waals surface area (Å²) in [6.07, 6.45) is 1.73. The predicted molar refractivity (Wildman–Crippen MR) is 106 cm³/mol. The lowest BCUT2D eigenvalue weighted by Crippen LogP contribution is -2.14. The van der Waals surface area contributed by atoms with Gasteiger partial charge in [-0.1, -0.05) is 0 Å². The number of ether oxygens (including phenoxy) is 1. The molecule has 4 rings (SSSR count). The molecule has 0 unspecified atom stereocenters. The molecule has 2 aromatic heterocycles. The number of nitro benzene ring substituents is 1. The Labute approximate surface area is 167 Å². The second-order valence-electron chi connectivity index (χ2n) is 6.01. The Hall–Kier alpha value is -3.79. The second-order valence-corrected chi connectivity index (χ2v) is 6.84. The summed E-state index contributed by atoms with van der Waals surface area (Å²) < 4.78 is 20.3. The molecule has 146 valence electrons. The Morgan fingerprint density at radius 2 is 2.03 bits per heavy atom. The lowest BCUT2D eigenvalue weighted by molar-refractivity contribution is -0.387. The van der Waals surface area contributed by atoms with Gasteiger partial charge >= 0.3 is 5.69 Å². The summed E-state index contributed by atoms with van der Waals surface area (Å²) in [5.41, 5.74) is 1.28. The van der Waals surface area contributed by atoms with Crippen LogP contribution >= 0.6 is 11.3 Å². The van der Waals surface area contributed by atoms with Gasteiger partial charge in [-0.3, -0.25) is 19.3 Å². The molecule has 8 nitrogen and oxygen atoms in total. The minimum Gasteiger partial charge on any atom is -0.497 e. The Kier molecular flexibility index (Phi) is 4.69. The topological polar surface area (TPSA) is 98.8 Å². The Morgan fingerprint density at radius 3 is 2.72 bits per heavy atom. The van der Waals surface area contributed by atoms with E-state index in [0.717, 1.165) is 23.4 Å². The van der Waals surface area contributed by atoms with Gasteiger partial charge in [0, 0.05) is 28.9 Å². The summed E-state index contributed by atoms with van der Waals surface area (Å²) in [5, 5.41) is 15.1. The first-order valence-corrected chi connectivity index (χ1v) is 9.20. The lowest BCUT2D eigenvalue weighted by atomic mass is 10.2. The fourth-order valence-corrected chi connectivity index (χ4v) is 3.63. The van der Waals surface area contributed by atoms with Gasteiger partial charge in [-0.2, -0.15) is 4.39 Å². The lowest BCUT2D eigenvalue weighted by Gasteiger charge is -2.05. The van der Waals surface area contributed by atoms with E-state index in [1.807, 2.05) is 24.3 Å². The van der Waals surface area contributed by atoms with Gasteiger partial charge in [0.1, 0.15) is 11.4 Å². The van der Waals surface area contributed by atoms with Crippen LogP contribution in [0.1, 0.15) is 10.5 Å². The van der Waals surface area contributed by atoms with Crippen molar-refractivity contribution in [3.8, 4) is 17.0 Å². The number of fused-ring (bicyclic) bond motifs is 1. The molecule has 2 aromatic carbocycles. The van der Waals surface area contributed by atoms with Gasteiger partial charge in [0.25, 0.3) is 5.91 Å². The third-order valence-corrected chi connectivity index (χ3v) is 5.07. The van der Waals surface area contributed by atoms with E-state index in [1.54, 1.807) is 23.1 Å². The summed E-state index contributed by atoms with van der Waals surface area (Å²) in [6.45, 7) is 0. The SMILES string of the molecule is COc1ccc(-c2cn3c(C(=O)Nc4ccc(F)c([N+](=O)[O-])c4)csc3n2)cc1. The smallest absolute Gasteiger partial charge is 0.306 e. The number of anilines is 1. The number of thiazole rings is 1. The molecule has 4 aromatic rings. The van der Waals surface area contributed by atoms with Crippen LogP contribution in [0.25, 0.3) is 16.2 Å². The highest BCUT2D eigenvalue weighted by Crippen LogP contribution is 2.26. The molecule has 0 spiro atoms. The van der Waals surface area contributed by atoms with E-state index < -0.39 is 22.3 Å². The van der Waals surface area contributed by atoms with E-state index in [2.05, 4.69) is 10.3 Å². The monoisotopic (exact) mass is 412 g/mol. The number of halogens is 1. The van der Waals surface area contributed by atoms with Gasteiger partial charge in [0.05, 0.1) is 17.7 Å². The molecule has 2 heterocycles. The quantitative estimate of drug-likeness (QED) is 0.388. The van der Waals surface area contributed by atoms with Crippen LogP contribution in [0.5, 0.6) is 5.75 Å². The maximum atomic E-state index is 13.5. The summed E-state index contributed by atoms with van der Waals surface area (Å²) in [7, 11) is 1.59. The van der Waals surface area contributed by atoms with Crippen molar-refractivity contribution in [2.24, 2.45) is 0 Å². The number of hydrogen-bond acceptors (Lipinski definition) is 6. The molecule has 0 aliphatic carbocycles. The van der Waals surface area contributed by atoms with Crippen LogP contribution in [0, 0.1) is 15.9 Å². The number of rotatable bonds is 5. The molecule has 0 fully saturated rings. The van der Waals surface area contributed by atoms with Crippen LogP contribution < -0.4 is 10.1 Å². The average molecular weight is 412 g/mol. The van der Waals surface area contributed by atoms with Crippen LogP contribution in [-0.2, 0) is 0 Å². The van der Waals surface area contributed by atoms with Crippen LogP contribution in [0.4, 0.5) is 15.8 Å². The normalized spacial score (nSPS) is 10.8. The number of amides is 1. The van der Waals surface area contributed by atoms with Gasteiger partial charge in [-0.15, -0.1) is 11.3 Å². The highest BCUT2D eigenvalue weighted by atomic mass is 32.1. The van der Waals surface area contributed by atoms with Crippen molar-refractivity contribution in [3.63, 3.8) is 0 Å². The Bertz CT molecular complexity index is 1230. The fourth-order valence-electron chi connectivity index (χ4n) is 2.77. The molecular weight excluding hydrogens is 399 g/mol. The zero-order chi connectivity index (χ0) is 20.5. The van der Waals surface area contributed by atoms with E-state index in [0.29, 0.717) is 16.3 Å². The van der Waals surface area contributed by atoms with Gasteiger partial charge < -0.3 is 10.1 Å². The van der Waals surface area contributed by atoms with Gasteiger partial charge in [0.2, 0.25) is 5.82 Å². The van der Waals surface area contributed by atoms with E-state index in [4.69, 9.17) is 4.74 Å². The number of benzene rings is 2. The molecule has 1 N–H and O–H groups in total. The molecule has 0 aliphatic heterocycles. The van der Waals surface area contributed by atoms with Gasteiger partial charge in [-0.25, -0.2) is 4.98 Å². The molecule has 0 bridgehead atoms. The molecule has 0 saturated heterocycles. The highest BCUT2D eigenvalue weighted by Gasteiger charge is 2.18. The number of carbonyl (C=O) groups excluding carboxylic acids is 1. The number of nitro groups is 1. The zero-order valence-electron chi connectivity index (χ0n) is 15.0. The first-order chi connectivity index (χ1) is 14.0. The van der Waals surface area contributed by atoms with Crippen molar-refractivity contribution in [3.05, 3.63) is 75.7 Å². The molecule has 0 radical (unpaired) electrons. The number of methoxy groups -OCH3 is 1. The third-order valence-electron chi connectivity index (χ3n) is 4.23. The van der Waals surface area contributed by atoms with Crippen molar-refractivity contribution in [2.75, 3.05) is 12.4 Å². The summed E-state index contributed by atoms with van der Waals surface area (Å²) in [5.74, 6) is -0.733. The molecule has 29 heavy (non-hydrogen) atoms. The van der Waals surface area contributed by atoms with Crippen LogP contribution in [0.15, 0.2) is 54.0 Å². The van der Waals surface area contributed by atoms with Crippen LogP contribution in [0.3, 0.4) is 0 Å². The van der Waals surface area contributed by atoms with Crippen LogP contribution in [0.2, 0.25) is 0 Å². The van der Waals surface area contributed by atoms with E-state index in [-0.39, 0.29) is 5.69 Å². The molecule has 1 amide bonds. The van der Waals surface area contributed by atoms with Crippen molar-refractivity contribution in [1.82, 2.24) is 9.38 Å². The zero-order valence-corrected chi connectivity index (χ0v) is 15.8. The van der Waals surface area contributed by atoms with Crippen molar-refractivity contribution in [1.29, 1.82) is 0 Å². The fraction of sp³-hybridized carbons (Fsp3) is 0.0526. The van der Waals surface area contributed by atoms with E-state index in [1.165, 1.54) is 17.4 Å². The van der Waals surface area contributed by atoms with Gasteiger partial charge in [0.15, 0.2) is 4.96 Å². The standard InChI is InChI=1S/C19H13FN4O4S/c1-28-13-5-2-11(3-6-13)15-9-23-17(10-29-19(23)22-15)18(25)21-12-4-7-14(20)16(8-12)24(26)27/h2-10H,1H3,(H,21,25). The minimum absolute atomic E-state index is 0.123. The molecule has 0 atom stereocenters. The van der Waals surface area contributed by atoms with E-state index >= 15 is 0 Å². The van der Waals surface area contributed by atoms with Crippen molar-refractivity contribution < 1.29 is 18.8 Å². The Balaban J connectivity index is 1.62. The largest absolute Gasteiger partial charge is 0.497 e. The number of carbonyl (C=O) groups is 1. The average Bonchev–Trinajstić information content (AvgIpc) is 3.30. The third kappa shape index (κ3) is 3.52. The minimum atomic E-state index is -0.968. The maximum Gasteiger partial charge on any atom is 0.306 e. The highest BCUT2D eigenvalue weighted by molar-refractivity contribution is 7.15. The first-order valence-electron chi connectivity index (χ1n) is 8.32. The van der Waals surface area contributed by atoms with Crippen molar-refractivity contribution in [2.45, 2.75) is 0 Å². The molecule has 0 aliphatic rings. The number of hydrogen-bond donors (Lipinski definition) is 1. The number of nitrogens with zero attached hydrogens (tertiary/aromatic N) is 3. The predicted octanol–water partition coefficient (Wildman–Crippen LogP) is 4.37. The summed E-state index contributed by atoms with van der Waals surface area (Å²) in [6, 6.07) is 10.5. The summed E-state index contributed by atoms with van der Waals surface area (Å²) in [4.78, 5) is 27.8. The van der Waals surface area contributed by atoms with E-state index in [9.17, 15) is 19.3 Å². The maximum absolute atomic E-state index is 13.5. The summed E-state index contributed by atoms with van der Waals surface area (Å²) >= 11 is 1.28. The molecule has 10 heteroatoms. The number of aromatic nitrogens is 2. The number of nitrogens with one attached hydrogen (secondary N) is 1. The second kappa shape index (κ2) is 7.32. The number of imidazole rings is 1. The first kappa shape index (κ1) is 18.6. The Morgan fingerprint density at radius 1 is 1.28 bits per heavy atom. The molecular formula is C19H13FN4O4S. The van der Waals surface area contributed by atoms with Crippen LogP contribution in [-0.4, -0.2) is 27.3 Å². The van der Waals surface area contributed by atoms with Crippen molar-refractivity contribution >= 4 is 33.6 Å². The van der Waals surface area contributed by atoms with Gasteiger partial charge in [-0.05, 0) is 36.4 Å². The molecule has 0 saturated carbocycles.